The fourth-order valence-corrected chi connectivity index (χ4v) is 4.19. The van der Waals surface area contributed by atoms with Crippen molar-refractivity contribution in [3.8, 4) is 0 Å². The van der Waals surface area contributed by atoms with Gasteiger partial charge < -0.3 is 4.90 Å². The molecule has 0 spiro atoms. The molecule has 18 heavy (non-hydrogen) atoms. The fraction of sp³-hybridized carbons (Fsp3) is 0.643. The quantitative estimate of drug-likeness (QED) is 0.833. The lowest BCUT2D eigenvalue weighted by molar-refractivity contribution is -0.127. The van der Waals surface area contributed by atoms with Crippen molar-refractivity contribution in [2.45, 2.75) is 33.2 Å². The van der Waals surface area contributed by atoms with Gasteiger partial charge in [0.2, 0.25) is 0 Å². The van der Waals surface area contributed by atoms with E-state index >= 15 is 0 Å². The molecule has 0 saturated heterocycles. The minimum atomic E-state index is -0.0997. The molecule has 100 valence electrons. The maximum absolute atomic E-state index is 12.2. The number of rotatable bonds is 4. The number of nitrogens with zero attached hydrogens (tertiary/aromatic N) is 1. The predicted molar refractivity (Wildman–Crippen MR) is 79.9 cm³/mol. The van der Waals surface area contributed by atoms with Crippen molar-refractivity contribution in [3.63, 3.8) is 0 Å². The van der Waals surface area contributed by atoms with Gasteiger partial charge in [-0.3, -0.25) is 4.79 Å². The van der Waals surface area contributed by atoms with Gasteiger partial charge in [0.1, 0.15) is 5.78 Å². The molecule has 0 radical (unpaired) electrons. The van der Waals surface area contributed by atoms with Crippen molar-refractivity contribution in [1.29, 1.82) is 0 Å². The van der Waals surface area contributed by atoms with Crippen LogP contribution in [0.25, 0.3) is 0 Å². The Morgan fingerprint density at radius 3 is 2.78 bits per heavy atom. The molecule has 0 aliphatic heterocycles. The third-order valence-electron chi connectivity index (χ3n) is 3.74. The highest BCUT2D eigenvalue weighted by molar-refractivity contribution is 9.10. The maximum Gasteiger partial charge on any atom is 0.142 e. The summed E-state index contributed by atoms with van der Waals surface area (Å²) in [7, 11) is 2.10. The van der Waals surface area contributed by atoms with Gasteiger partial charge in [-0.2, -0.15) is 0 Å². The third kappa shape index (κ3) is 3.22. The Balaban J connectivity index is 1.89. The molecule has 4 heteroatoms. The molecule has 1 fully saturated rings. The van der Waals surface area contributed by atoms with E-state index in [1.807, 2.05) is 0 Å². The van der Waals surface area contributed by atoms with E-state index in [-0.39, 0.29) is 11.3 Å². The zero-order chi connectivity index (χ0) is 13.3. The SMILES string of the molecule is CN(Cc1cc(Br)cs1)CC1CCC(C)(C)C1=O. The highest BCUT2D eigenvalue weighted by atomic mass is 79.9. The van der Waals surface area contributed by atoms with Crippen LogP contribution in [0.1, 0.15) is 31.6 Å². The lowest BCUT2D eigenvalue weighted by Gasteiger charge is -2.21. The van der Waals surface area contributed by atoms with Crippen LogP contribution in [0.2, 0.25) is 0 Å². The van der Waals surface area contributed by atoms with Crippen molar-refractivity contribution in [2.24, 2.45) is 11.3 Å². The van der Waals surface area contributed by atoms with Crippen LogP contribution in [-0.4, -0.2) is 24.3 Å². The van der Waals surface area contributed by atoms with Crippen molar-refractivity contribution in [1.82, 2.24) is 4.90 Å². The monoisotopic (exact) mass is 329 g/mol. The van der Waals surface area contributed by atoms with E-state index in [9.17, 15) is 4.79 Å². The molecule has 0 bridgehead atoms. The second-order valence-electron chi connectivity index (χ2n) is 5.91. The van der Waals surface area contributed by atoms with Gasteiger partial charge in [-0.15, -0.1) is 11.3 Å². The highest BCUT2D eigenvalue weighted by Gasteiger charge is 2.40. The number of carbonyl (C=O) groups excluding carboxylic acids is 1. The van der Waals surface area contributed by atoms with Crippen LogP contribution in [0, 0.1) is 11.3 Å². The molecule has 0 N–H and O–H groups in total. The molecule has 1 aromatic rings. The van der Waals surface area contributed by atoms with E-state index in [0.717, 1.165) is 30.4 Å². The standard InChI is InChI=1S/C14H20BrNOS/c1-14(2)5-4-10(13(14)17)7-16(3)8-12-6-11(15)9-18-12/h6,9-10H,4-5,7-8H2,1-3H3. The third-order valence-corrected chi connectivity index (χ3v) is 5.42. The Kier molecular flexibility index (Phi) is 4.29. The van der Waals surface area contributed by atoms with Gasteiger partial charge in [-0.25, -0.2) is 0 Å². The summed E-state index contributed by atoms with van der Waals surface area (Å²) in [6, 6.07) is 2.15. The summed E-state index contributed by atoms with van der Waals surface area (Å²) in [5, 5.41) is 2.10. The maximum atomic E-state index is 12.2. The molecule has 0 aromatic carbocycles. The van der Waals surface area contributed by atoms with E-state index in [1.165, 1.54) is 4.88 Å². The zero-order valence-corrected chi connectivity index (χ0v) is 13.6. The zero-order valence-electron chi connectivity index (χ0n) is 11.2. The van der Waals surface area contributed by atoms with Gasteiger partial charge in [0.15, 0.2) is 0 Å². The minimum absolute atomic E-state index is 0.0997. The number of thiophene rings is 1. The Labute approximate surface area is 122 Å². The predicted octanol–water partition coefficient (Wildman–Crippen LogP) is 3.95. The first-order chi connectivity index (χ1) is 8.38. The fourth-order valence-electron chi connectivity index (χ4n) is 2.66. The normalized spacial score (nSPS) is 22.9. The molecule has 1 unspecified atom stereocenters. The molecule has 1 aliphatic rings. The van der Waals surface area contributed by atoms with Crippen LogP contribution >= 0.6 is 27.3 Å². The van der Waals surface area contributed by atoms with Crippen LogP contribution in [-0.2, 0) is 11.3 Å². The van der Waals surface area contributed by atoms with E-state index in [0.29, 0.717) is 5.78 Å². The number of hydrogen-bond donors (Lipinski definition) is 0. The molecule has 1 aliphatic carbocycles. The van der Waals surface area contributed by atoms with Crippen LogP contribution < -0.4 is 0 Å². The molecule has 2 nitrogen and oxygen atoms in total. The Morgan fingerprint density at radius 2 is 2.28 bits per heavy atom. The number of Topliss-reactive ketones (excluding diaryl/α,β-unsaturated/α-hetero) is 1. The summed E-state index contributed by atoms with van der Waals surface area (Å²) < 4.78 is 1.15. The van der Waals surface area contributed by atoms with Crippen LogP contribution in [0.4, 0.5) is 0 Å². The topological polar surface area (TPSA) is 20.3 Å². The molecule has 1 aromatic heterocycles. The van der Waals surface area contributed by atoms with Gasteiger partial charge in [0, 0.05) is 39.2 Å². The van der Waals surface area contributed by atoms with Crippen molar-refractivity contribution in [3.05, 3.63) is 20.8 Å². The first-order valence-corrected chi connectivity index (χ1v) is 8.01. The number of hydrogen-bond acceptors (Lipinski definition) is 3. The molecular formula is C14H20BrNOS. The number of carbonyl (C=O) groups is 1. The molecule has 2 rings (SSSR count). The first kappa shape index (κ1) is 14.2. The number of ketones is 1. The van der Waals surface area contributed by atoms with Gasteiger partial charge in [0.25, 0.3) is 0 Å². The Hall–Kier alpha value is -0.190. The van der Waals surface area contributed by atoms with Gasteiger partial charge in [-0.05, 0) is 41.9 Å². The number of halogens is 1. The Bertz CT molecular complexity index is 441. The van der Waals surface area contributed by atoms with Crippen LogP contribution in [0.15, 0.2) is 15.9 Å². The lowest BCUT2D eigenvalue weighted by Crippen LogP contribution is -2.30. The second-order valence-corrected chi connectivity index (χ2v) is 7.82. The van der Waals surface area contributed by atoms with Gasteiger partial charge in [0.05, 0.1) is 0 Å². The smallest absolute Gasteiger partial charge is 0.142 e. The molecule has 1 saturated carbocycles. The summed E-state index contributed by atoms with van der Waals surface area (Å²) in [6.07, 6.45) is 2.08. The molecule has 0 amide bonds. The summed E-state index contributed by atoms with van der Waals surface area (Å²) in [5.41, 5.74) is -0.0997. The average Bonchev–Trinajstić information content (AvgIpc) is 2.78. The van der Waals surface area contributed by atoms with Crippen molar-refractivity contribution in [2.75, 3.05) is 13.6 Å². The summed E-state index contributed by atoms with van der Waals surface area (Å²) in [6.45, 7) is 5.97. The average molecular weight is 330 g/mol. The highest BCUT2D eigenvalue weighted by Crippen LogP contribution is 2.37. The van der Waals surface area contributed by atoms with E-state index in [4.69, 9.17) is 0 Å². The first-order valence-electron chi connectivity index (χ1n) is 6.34. The Morgan fingerprint density at radius 1 is 1.56 bits per heavy atom. The van der Waals surface area contributed by atoms with Gasteiger partial charge in [-0.1, -0.05) is 13.8 Å². The lowest BCUT2D eigenvalue weighted by atomic mass is 9.89. The van der Waals surface area contributed by atoms with Crippen molar-refractivity contribution >= 4 is 33.0 Å². The van der Waals surface area contributed by atoms with Crippen molar-refractivity contribution < 1.29 is 4.79 Å². The summed E-state index contributed by atoms with van der Waals surface area (Å²) in [5.74, 6) is 0.676. The van der Waals surface area contributed by atoms with Crippen LogP contribution in [0.5, 0.6) is 0 Å². The van der Waals surface area contributed by atoms with E-state index < -0.39 is 0 Å². The van der Waals surface area contributed by atoms with Crippen LogP contribution in [0.3, 0.4) is 0 Å². The van der Waals surface area contributed by atoms with E-state index in [2.05, 4.69) is 53.2 Å². The molecule has 1 atom stereocenters. The summed E-state index contributed by atoms with van der Waals surface area (Å²) >= 11 is 5.24. The largest absolute Gasteiger partial charge is 0.301 e. The van der Waals surface area contributed by atoms with Gasteiger partial charge >= 0.3 is 0 Å². The minimum Gasteiger partial charge on any atom is -0.301 e. The van der Waals surface area contributed by atoms with E-state index in [1.54, 1.807) is 11.3 Å². The summed E-state index contributed by atoms with van der Waals surface area (Å²) in [4.78, 5) is 15.8. The molecule has 1 heterocycles. The molecular weight excluding hydrogens is 310 g/mol. The second kappa shape index (κ2) is 5.43.